The Kier molecular flexibility index (Phi) is 3.28. The Morgan fingerprint density at radius 1 is 1.58 bits per heavy atom. The molecular formula is C12H11ClN2O3S. The summed E-state index contributed by atoms with van der Waals surface area (Å²) >= 11 is 7.40. The Morgan fingerprint density at radius 3 is 3.16 bits per heavy atom. The van der Waals surface area contributed by atoms with Gasteiger partial charge in [-0.1, -0.05) is 23.4 Å². The van der Waals surface area contributed by atoms with E-state index in [0.29, 0.717) is 22.5 Å². The normalized spacial score (nSPS) is 18.6. The lowest BCUT2D eigenvalue weighted by molar-refractivity contribution is 0.150. The van der Waals surface area contributed by atoms with E-state index in [-0.39, 0.29) is 12.2 Å². The molecular weight excluding hydrogens is 288 g/mol. The Bertz CT molecular complexity index is 643. The number of hydrogen-bond donors (Lipinski definition) is 1. The van der Waals surface area contributed by atoms with Gasteiger partial charge in [0.25, 0.3) is 5.22 Å². The van der Waals surface area contributed by atoms with Crippen molar-refractivity contribution in [2.75, 3.05) is 12.3 Å². The minimum atomic E-state index is -0.370. The quantitative estimate of drug-likeness (QED) is 0.883. The van der Waals surface area contributed by atoms with E-state index in [1.54, 1.807) is 6.07 Å². The summed E-state index contributed by atoms with van der Waals surface area (Å²) in [4.78, 5) is 15.3. The number of hydrogen-bond acceptors (Lipinski definition) is 5. The summed E-state index contributed by atoms with van der Waals surface area (Å²) in [5.74, 6) is 0.609. The second kappa shape index (κ2) is 4.94. The first-order chi connectivity index (χ1) is 9.11. The molecule has 1 aliphatic heterocycles. The lowest BCUT2D eigenvalue weighted by Gasteiger charge is -2.03. The Labute approximate surface area is 118 Å². The molecule has 3 rings (SSSR count). The Hall–Kier alpha value is -1.40. The van der Waals surface area contributed by atoms with Gasteiger partial charge in [-0.05, 0) is 24.6 Å². The van der Waals surface area contributed by atoms with E-state index in [2.05, 4.69) is 10.3 Å². The van der Waals surface area contributed by atoms with Gasteiger partial charge >= 0.3 is 6.09 Å². The van der Waals surface area contributed by atoms with Crippen molar-refractivity contribution in [3.8, 4) is 0 Å². The molecule has 2 aromatic rings. The van der Waals surface area contributed by atoms with Crippen LogP contribution < -0.4 is 5.32 Å². The molecule has 100 valence electrons. The Balaban J connectivity index is 1.75. The predicted octanol–water partition coefficient (Wildman–Crippen LogP) is 2.99. The number of thioether (sulfide) groups is 1. The molecule has 1 aliphatic rings. The van der Waals surface area contributed by atoms with Gasteiger partial charge in [0, 0.05) is 10.8 Å². The minimum Gasteiger partial charge on any atom is -0.443 e. The zero-order valence-electron chi connectivity index (χ0n) is 10.1. The number of benzene rings is 1. The lowest BCUT2D eigenvalue weighted by atomic mass is 10.2. The van der Waals surface area contributed by atoms with Crippen molar-refractivity contribution in [3.63, 3.8) is 0 Å². The minimum absolute atomic E-state index is 0.141. The van der Waals surface area contributed by atoms with E-state index in [0.717, 1.165) is 16.7 Å². The maximum absolute atomic E-state index is 10.9. The molecule has 0 aliphatic carbocycles. The maximum atomic E-state index is 10.9. The molecule has 1 amide bonds. The molecule has 0 bridgehead atoms. The van der Waals surface area contributed by atoms with Crippen LogP contribution in [0.3, 0.4) is 0 Å². The number of fused-ring (bicyclic) bond motifs is 1. The number of halogens is 1. The van der Waals surface area contributed by atoms with E-state index in [1.165, 1.54) is 11.8 Å². The van der Waals surface area contributed by atoms with Crippen LogP contribution in [0.4, 0.5) is 4.79 Å². The van der Waals surface area contributed by atoms with Crippen LogP contribution >= 0.6 is 23.4 Å². The number of carbonyl (C=O) groups excluding carboxylic acids is 1. The summed E-state index contributed by atoms with van der Waals surface area (Å²) in [6.45, 7) is 2.45. The molecule has 1 atom stereocenters. The van der Waals surface area contributed by atoms with Crippen LogP contribution in [0, 0.1) is 6.92 Å². The van der Waals surface area contributed by atoms with Crippen molar-refractivity contribution in [2.45, 2.75) is 18.3 Å². The molecule has 0 saturated carbocycles. The van der Waals surface area contributed by atoms with Crippen molar-refractivity contribution in [2.24, 2.45) is 0 Å². The molecule has 1 N–H and O–H groups in total. The number of oxazole rings is 1. The summed E-state index contributed by atoms with van der Waals surface area (Å²) in [5, 5.41) is 3.81. The van der Waals surface area contributed by atoms with Crippen LogP contribution in [0.2, 0.25) is 5.02 Å². The number of alkyl carbamates (subject to hydrolysis) is 1. The molecule has 0 spiro atoms. The van der Waals surface area contributed by atoms with E-state index >= 15 is 0 Å². The van der Waals surface area contributed by atoms with Gasteiger partial charge in [-0.25, -0.2) is 9.78 Å². The van der Waals surface area contributed by atoms with Crippen molar-refractivity contribution in [1.29, 1.82) is 0 Å². The number of nitrogens with one attached hydrogen (secondary N) is 1. The summed E-state index contributed by atoms with van der Waals surface area (Å²) in [6.07, 6.45) is -0.511. The van der Waals surface area contributed by atoms with Crippen molar-refractivity contribution < 1.29 is 13.9 Å². The first-order valence-corrected chi connectivity index (χ1v) is 7.12. The highest BCUT2D eigenvalue weighted by Gasteiger charge is 2.23. The van der Waals surface area contributed by atoms with Crippen molar-refractivity contribution in [1.82, 2.24) is 10.3 Å². The van der Waals surface area contributed by atoms with E-state index < -0.39 is 0 Å². The van der Waals surface area contributed by atoms with Gasteiger partial charge in [-0.3, -0.25) is 0 Å². The third kappa shape index (κ3) is 2.64. The third-order valence-corrected chi connectivity index (χ3v) is 3.94. The maximum Gasteiger partial charge on any atom is 0.407 e. The molecule has 1 fully saturated rings. The van der Waals surface area contributed by atoms with Crippen LogP contribution in [0.25, 0.3) is 11.1 Å². The molecule has 0 radical (unpaired) electrons. The van der Waals surface area contributed by atoms with E-state index in [1.807, 2.05) is 13.0 Å². The number of rotatable bonds is 3. The summed E-state index contributed by atoms with van der Waals surface area (Å²) in [6, 6.07) is 3.61. The molecule has 2 heterocycles. The number of amides is 1. The highest BCUT2D eigenvalue weighted by molar-refractivity contribution is 7.99. The van der Waals surface area contributed by atoms with Crippen LogP contribution in [0.15, 0.2) is 21.8 Å². The van der Waals surface area contributed by atoms with Crippen molar-refractivity contribution >= 4 is 40.6 Å². The second-order valence-electron chi connectivity index (χ2n) is 4.27. The molecule has 0 unspecified atom stereocenters. The van der Waals surface area contributed by atoms with Gasteiger partial charge in [-0.2, -0.15) is 0 Å². The number of aryl methyl sites for hydroxylation is 1. The largest absolute Gasteiger partial charge is 0.443 e. The van der Waals surface area contributed by atoms with Gasteiger partial charge in [0.2, 0.25) is 0 Å². The Morgan fingerprint density at radius 2 is 2.42 bits per heavy atom. The molecule has 19 heavy (non-hydrogen) atoms. The fourth-order valence-electron chi connectivity index (χ4n) is 1.89. The van der Waals surface area contributed by atoms with Gasteiger partial charge in [0.05, 0.1) is 6.54 Å². The van der Waals surface area contributed by atoms with E-state index in [4.69, 9.17) is 20.8 Å². The molecule has 5 nitrogen and oxygen atoms in total. The van der Waals surface area contributed by atoms with Gasteiger partial charge in [0.1, 0.15) is 11.6 Å². The fraction of sp³-hybridized carbons (Fsp3) is 0.333. The topological polar surface area (TPSA) is 64.4 Å². The summed E-state index contributed by atoms with van der Waals surface area (Å²) in [5.41, 5.74) is 2.44. The molecule has 1 aromatic carbocycles. The summed E-state index contributed by atoms with van der Waals surface area (Å²) < 4.78 is 10.7. The smallest absolute Gasteiger partial charge is 0.407 e. The number of ether oxygens (including phenoxy) is 1. The fourth-order valence-corrected chi connectivity index (χ4v) is 2.97. The zero-order chi connectivity index (χ0) is 13.4. The summed E-state index contributed by atoms with van der Waals surface area (Å²) in [7, 11) is 0. The van der Waals surface area contributed by atoms with Crippen molar-refractivity contribution in [3.05, 3.63) is 22.7 Å². The predicted molar refractivity (Wildman–Crippen MR) is 72.8 cm³/mol. The number of aromatic nitrogens is 1. The average Bonchev–Trinajstić information content (AvgIpc) is 2.92. The first kappa shape index (κ1) is 12.6. The van der Waals surface area contributed by atoms with Crippen LogP contribution in [0.5, 0.6) is 0 Å². The number of nitrogens with zero attached hydrogens (tertiary/aromatic N) is 1. The molecule has 1 aromatic heterocycles. The SMILES string of the molecule is Cc1cc(Cl)cc2nc(SC[C@@H]3CNC(=O)O3)oc12. The third-order valence-electron chi connectivity index (χ3n) is 2.76. The molecule has 1 saturated heterocycles. The van der Waals surface area contributed by atoms with Crippen LogP contribution in [-0.4, -0.2) is 29.5 Å². The highest BCUT2D eigenvalue weighted by Crippen LogP contribution is 2.29. The lowest BCUT2D eigenvalue weighted by Crippen LogP contribution is -2.16. The molecule has 7 heteroatoms. The number of carbonyl (C=O) groups is 1. The van der Waals surface area contributed by atoms with E-state index in [9.17, 15) is 4.79 Å². The highest BCUT2D eigenvalue weighted by atomic mass is 35.5. The van der Waals surface area contributed by atoms with Gasteiger partial charge in [-0.15, -0.1) is 0 Å². The van der Waals surface area contributed by atoms with Crippen LogP contribution in [0.1, 0.15) is 5.56 Å². The van der Waals surface area contributed by atoms with Gasteiger partial charge < -0.3 is 14.5 Å². The average molecular weight is 299 g/mol. The second-order valence-corrected chi connectivity index (χ2v) is 5.68. The first-order valence-electron chi connectivity index (χ1n) is 5.76. The van der Waals surface area contributed by atoms with Crippen LogP contribution in [-0.2, 0) is 4.74 Å². The van der Waals surface area contributed by atoms with Gasteiger partial charge in [0.15, 0.2) is 5.58 Å². The monoisotopic (exact) mass is 298 g/mol. The zero-order valence-corrected chi connectivity index (χ0v) is 11.7. The number of cyclic esters (lactones) is 1. The standard InChI is InChI=1S/C12H11ClN2O3S/c1-6-2-7(13)3-9-10(6)18-12(15-9)19-5-8-4-14-11(16)17-8/h2-3,8H,4-5H2,1H3,(H,14,16)/t8-/m0/s1.